The lowest BCUT2D eigenvalue weighted by Crippen LogP contribution is -2.39. The van der Waals surface area contributed by atoms with Crippen molar-refractivity contribution in [1.82, 2.24) is 5.32 Å². The molecule has 33 heavy (non-hydrogen) atoms. The van der Waals surface area contributed by atoms with Crippen molar-refractivity contribution in [1.29, 1.82) is 0 Å². The topological polar surface area (TPSA) is 90.7 Å². The zero-order chi connectivity index (χ0) is 24.1. The Hall–Kier alpha value is -2.08. The molecule has 0 aromatic carbocycles. The van der Waals surface area contributed by atoms with Gasteiger partial charge in [0.2, 0.25) is 5.91 Å². The number of primary amides is 1. The molecule has 0 radical (unpaired) electrons. The highest BCUT2D eigenvalue weighted by atomic mass is 16.6. The first kappa shape index (κ1) is 25.5. The van der Waals surface area contributed by atoms with Crippen molar-refractivity contribution in [3.05, 3.63) is 36.0 Å². The van der Waals surface area contributed by atoms with Gasteiger partial charge in [0.15, 0.2) is 0 Å². The maximum Gasteiger partial charge on any atom is 0.405 e. The van der Waals surface area contributed by atoms with Gasteiger partial charge < -0.3 is 20.5 Å². The molecule has 3 fully saturated rings. The van der Waals surface area contributed by atoms with Gasteiger partial charge in [0, 0.05) is 12.1 Å². The number of ether oxygens (including phenoxy) is 2. The fraction of sp³-hybridized carbons (Fsp3) is 0.704. The lowest BCUT2D eigenvalue weighted by molar-refractivity contribution is -0.117. The molecule has 1 spiro atoms. The Kier molecular flexibility index (Phi) is 8.43. The predicted molar refractivity (Wildman–Crippen MR) is 131 cm³/mol. The number of hydrogen-bond acceptors (Lipinski definition) is 4. The van der Waals surface area contributed by atoms with E-state index in [-0.39, 0.29) is 23.7 Å². The second-order valence-corrected chi connectivity index (χ2v) is 11.1. The van der Waals surface area contributed by atoms with Crippen LogP contribution < -0.4 is 11.1 Å². The molecule has 0 bridgehead atoms. The van der Waals surface area contributed by atoms with Crippen LogP contribution in [0.5, 0.6) is 0 Å². The molecule has 2 atom stereocenters. The van der Waals surface area contributed by atoms with Crippen molar-refractivity contribution in [3.8, 4) is 0 Å². The zero-order valence-corrected chi connectivity index (χ0v) is 20.8. The normalized spacial score (nSPS) is 29.8. The molecule has 3 N–H and O–H groups in total. The molecular formula is C27H42N2O4. The highest BCUT2D eigenvalue weighted by Crippen LogP contribution is 2.58. The van der Waals surface area contributed by atoms with Gasteiger partial charge >= 0.3 is 6.09 Å². The van der Waals surface area contributed by atoms with Gasteiger partial charge in [-0.2, -0.15) is 0 Å². The molecule has 0 unspecified atom stereocenters. The van der Waals surface area contributed by atoms with Gasteiger partial charge in [-0.1, -0.05) is 23.8 Å². The third-order valence-electron chi connectivity index (χ3n) is 7.22. The van der Waals surface area contributed by atoms with Crippen molar-refractivity contribution in [3.63, 3.8) is 0 Å². The predicted octanol–water partition coefficient (Wildman–Crippen LogP) is 5.33. The summed E-state index contributed by atoms with van der Waals surface area (Å²) < 4.78 is 11.1. The summed E-state index contributed by atoms with van der Waals surface area (Å²) in [7, 11) is 0. The molecule has 2 amide bonds. The quantitative estimate of drug-likeness (QED) is 0.380. The number of carbonyl (C=O) groups is 2. The molecule has 0 aromatic heterocycles. The fourth-order valence-electron chi connectivity index (χ4n) is 5.48. The number of rotatable bonds is 8. The fourth-order valence-corrected chi connectivity index (χ4v) is 5.48. The Bertz CT molecular complexity index is 780. The SMILES string of the molecule is CC(/C=C/[C@@H]1CC2(CC2)CC(C)(C)O1)=C\CC1CCC(NC(=O)/C=C\[C@H](C)OC(N)=O)CC1. The van der Waals surface area contributed by atoms with Crippen LogP contribution in [0.1, 0.15) is 85.5 Å². The van der Waals surface area contributed by atoms with Crippen molar-refractivity contribution >= 4 is 12.0 Å². The van der Waals surface area contributed by atoms with Crippen LogP contribution in [0.4, 0.5) is 4.79 Å². The standard InChI is InChI=1S/C27H42N2O4/c1-19(6-13-23-17-27(15-16-27)18-26(3,4)33-23)5-8-21-9-11-22(12-10-21)29-24(30)14-7-20(2)32-25(28)31/h5-7,13-14,20-23H,8-12,15-18H2,1-4H3,(H2,28,31)(H,29,30)/b13-6+,14-7-,19-5+/t20-,21?,22?,23+/m0/s1. The summed E-state index contributed by atoms with van der Waals surface area (Å²) in [6.45, 7) is 8.29. The summed E-state index contributed by atoms with van der Waals surface area (Å²) in [5.74, 6) is 0.515. The number of nitrogens with two attached hydrogens (primary N) is 1. The van der Waals surface area contributed by atoms with Crippen molar-refractivity contribution in [2.24, 2.45) is 17.1 Å². The molecule has 2 aliphatic carbocycles. The average Bonchev–Trinajstić information content (AvgIpc) is 3.46. The summed E-state index contributed by atoms with van der Waals surface area (Å²) in [5.41, 5.74) is 6.81. The van der Waals surface area contributed by atoms with E-state index in [9.17, 15) is 9.59 Å². The van der Waals surface area contributed by atoms with E-state index in [0.717, 1.165) is 32.1 Å². The third kappa shape index (κ3) is 8.65. The minimum atomic E-state index is -0.844. The molecule has 3 rings (SSSR count). The van der Waals surface area contributed by atoms with Gasteiger partial charge in [-0.05, 0) is 103 Å². The molecule has 0 aromatic rings. The van der Waals surface area contributed by atoms with Gasteiger partial charge in [-0.3, -0.25) is 4.79 Å². The number of hydrogen-bond donors (Lipinski definition) is 2. The second-order valence-electron chi connectivity index (χ2n) is 11.1. The van der Waals surface area contributed by atoms with Gasteiger partial charge in [0.1, 0.15) is 6.10 Å². The molecule has 1 heterocycles. The van der Waals surface area contributed by atoms with Crippen LogP contribution in [-0.4, -0.2) is 35.9 Å². The minimum absolute atomic E-state index is 0.0131. The Morgan fingerprint density at radius 1 is 1.18 bits per heavy atom. The van der Waals surface area contributed by atoms with Gasteiger partial charge in [0.05, 0.1) is 11.7 Å². The number of nitrogens with one attached hydrogen (secondary N) is 1. The van der Waals surface area contributed by atoms with Crippen molar-refractivity contribution in [2.75, 3.05) is 0 Å². The number of allylic oxidation sites excluding steroid dienone is 3. The molecule has 6 heteroatoms. The summed E-state index contributed by atoms with van der Waals surface area (Å²) in [6, 6.07) is 0.206. The molecule has 3 aliphatic rings. The third-order valence-corrected chi connectivity index (χ3v) is 7.22. The Morgan fingerprint density at radius 2 is 1.88 bits per heavy atom. The first-order valence-electron chi connectivity index (χ1n) is 12.5. The highest BCUT2D eigenvalue weighted by Gasteiger charge is 2.51. The van der Waals surface area contributed by atoms with E-state index in [0.29, 0.717) is 11.3 Å². The van der Waals surface area contributed by atoms with Gasteiger partial charge in [0.25, 0.3) is 0 Å². The lowest BCUT2D eigenvalue weighted by atomic mass is 9.82. The van der Waals surface area contributed by atoms with Crippen molar-refractivity contribution in [2.45, 2.75) is 109 Å². The first-order chi connectivity index (χ1) is 15.5. The molecule has 1 saturated heterocycles. The molecule has 2 saturated carbocycles. The van der Waals surface area contributed by atoms with Crippen LogP contribution in [0.25, 0.3) is 0 Å². The average molecular weight is 459 g/mol. The summed E-state index contributed by atoms with van der Waals surface area (Å²) in [4.78, 5) is 22.8. The Balaban J connectivity index is 1.36. The monoisotopic (exact) mass is 458 g/mol. The van der Waals surface area contributed by atoms with Crippen LogP contribution in [0.2, 0.25) is 0 Å². The maximum atomic E-state index is 12.1. The number of amides is 2. The summed E-state index contributed by atoms with van der Waals surface area (Å²) in [5, 5.41) is 3.05. The van der Waals surface area contributed by atoms with Gasteiger partial charge in [-0.25, -0.2) is 4.79 Å². The van der Waals surface area contributed by atoms with Crippen LogP contribution in [-0.2, 0) is 14.3 Å². The van der Waals surface area contributed by atoms with E-state index in [4.69, 9.17) is 15.2 Å². The van der Waals surface area contributed by atoms with E-state index in [1.807, 2.05) is 0 Å². The smallest absolute Gasteiger partial charge is 0.405 e. The first-order valence-corrected chi connectivity index (χ1v) is 12.5. The van der Waals surface area contributed by atoms with E-state index in [2.05, 4.69) is 44.3 Å². The van der Waals surface area contributed by atoms with Crippen LogP contribution in [0.3, 0.4) is 0 Å². The molecule has 184 valence electrons. The summed E-state index contributed by atoms with van der Waals surface area (Å²) >= 11 is 0. The maximum absolute atomic E-state index is 12.1. The van der Waals surface area contributed by atoms with Crippen LogP contribution in [0.15, 0.2) is 36.0 Å². The van der Waals surface area contributed by atoms with E-state index >= 15 is 0 Å². The molecular weight excluding hydrogens is 416 g/mol. The largest absolute Gasteiger partial charge is 0.442 e. The van der Waals surface area contributed by atoms with Crippen molar-refractivity contribution < 1.29 is 19.1 Å². The molecule has 1 aliphatic heterocycles. The van der Waals surface area contributed by atoms with E-state index < -0.39 is 12.2 Å². The zero-order valence-electron chi connectivity index (χ0n) is 20.8. The molecule has 6 nitrogen and oxygen atoms in total. The van der Waals surface area contributed by atoms with Crippen LogP contribution >= 0.6 is 0 Å². The number of carbonyl (C=O) groups excluding carboxylic acids is 2. The van der Waals surface area contributed by atoms with E-state index in [1.54, 1.807) is 6.92 Å². The highest BCUT2D eigenvalue weighted by molar-refractivity contribution is 5.87. The summed E-state index contributed by atoms with van der Waals surface area (Å²) in [6.07, 6.45) is 19.1. The second kappa shape index (κ2) is 10.9. The minimum Gasteiger partial charge on any atom is -0.442 e. The lowest BCUT2D eigenvalue weighted by Gasteiger charge is -2.40. The Morgan fingerprint density at radius 3 is 2.52 bits per heavy atom. The van der Waals surface area contributed by atoms with E-state index in [1.165, 1.54) is 43.4 Å². The Labute approximate surface area is 199 Å². The van der Waals surface area contributed by atoms with Gasteiger partial charge in [-0.15, -0.1) is 0 Å². The van der Waals surface area contributed by atoms with Crippen LogP contribution in [0, 0.1) is 11.3 Å².